The first-order valence-electron chi connectivity index (χ1n) is 10.8. The molecule has 1 aliphatic rings. The molecular formula is C22H23N9O. The first kappa shape index (κ1) is 18.9. The number of aryl methyl sites for hydroxylation is 1. The van der Waals surface area contributed by atoms with Crippen LogP contribution in [0.4, 0.5) is 5.95 Å². The van der Waals surface area contributed by atoms with Gasteiger partial charge >= 0.3 is 0 Å². The number of nitrogens with zero attached hydrogens (tertiary/aromatic N) is 8. The SMILES string of the molecule is CCc1cnc2c(c1)CN(CCn1ncc3c1nc(N)n1nc(-c4ccco4)nc31)CC2. The van der Waals surface area contributed by atoms with Gasteiger partial charge in [-0.3, -0.25) is 9.88 Å². The van der Waals surface area contributed by atoms with Crippen molar-refractivity contribution in [2.75, 3.05) is 18.8 Å². The summed E-state index contributed by atoms with van der Waals surface area (Å²) in [6, 6.07) is 5.90. The number of furan rings is 1. The highest BCUT2D eigenvalue weighted by Crippen LogP contribution is 2.24. The third kappa shape index (κ3) is 3.11. The molecule has 0 saturated carbocycles. The molecule has 0 fully saturated rings. The summed E-state index contributed by atoms with van der Waals surface area (Å²) in [5.41, 5.74) is 11.4. The van der Waals surface area contributed by atoms with Crippen LogP contribution in [0.2, 0.25) is 0 Å². The van der Waals surface area contributed by atoms with Crippen LogP contribution >= 0.6 is 0 Å². The van der Waals surface area contributed by atoms with Crippen molar-refractivity contribution >= 4 is 22.6 Å². The predicted octanol–water partition coefficient (Wildman–Crippen LogP) is 2.33. The Morgan fingerprint density at radius 2 is 2.09 bits per heavy atom. The fraction of sp³-hybridized carbons (Fsp3) is 0.318. The number of pyridine rings is 1. The maximum absolute atomic E-state index is 6.20. The summed E-state index contributed by atoms with van der Waals surface area (Å²) in [6.07, 6.45) is 7.35. The van der Waals surface area contributed by atoms with Gasteiger partial charge in [-0.25, -0.2) is 9.67 Å². The zero-order valence-corrected chi connectivity index (χ0v) is 17.8. The summed E-state index contributed by atoms with van der Waals surface area (Å²) < 4.78 is 8.85. The third-order valence-electron chi connectivity index (χ3n) is 6.05. The Morgan fingerprint density at radius 1 is 1.16 bits per heavy atom. The molecule has 0 saturated heterocycles. The molecule has 0 aromatic carbocycles. The van der Waals surface area contributed by atoms with Gasteiger partial charge in [0.2, 0.25) is 11.8 Å². The van der Waals surface area contributed by atoms with Gasteiger partial charge in [0, 0.05) is 37.9 Å². The number of nitrogen functional groups attached to an aromatic ring is 1. The first-order valence-corrected chi connectivity index (χ1v) is 10.8. The molecule has 0 amide bonds. The maximum Gasteiger partial charge on any atom is 0.225 e. The summed E-state index contributed by atoms with van der Waals surface area (Å²) >= 11 is 0. The van der Waals surface area contributed by atoms with E-state index in [4.69, 9.17) is 10.2 Å². The number of hydrogen-bond donors (Lipinski definition) is 1. The molecule has 0 atom stereocenters. The Balaban J connectivity index is 1.26. The highest BCUT2D eigenvalue weighted by molar-refractivity contribution is 5.90. The largest absolute Gasteiger partial charge is 0.461 e. The summed E-state index contributed by atoms with van der Waals surface area (Å²) in [4.78, 5) is 16.3. The van der Waals surface area contributed by atoms with Gasteiger partial charge in [0.15, 0.2) is 17.1 Å². The van der Waals surface area contributed by atoms with Crippen molar-refractivity contribution in [3.63, 3.8) is 0 Å². The molecule has 32 heavy (non-hydrogen) atoms. The highest BCUT2D eigenvalue weighted by Gasteiger charge is 2.20. The second-order valence-corrected chi connectivity index (χ2v) is 8.05. The molecular weight excluding hydrogens is 406 g/mol. The minimum absolute atomic E-state index is 0.268. The van der Waals surface area contributed by atoms with E-state index in [0.29, 0.717) is 29.4 Å². The van der Waals surface area contributed by atoms with E-state index in [1.165, 1.54) is 21.3 Å². The number of rotatable bonds is 5. The van der Waals surface area contributed by atoms with Crippen molar-refractivity contribution in [2.45, 2.75) is 32.9 Å². The van der Waals surface area contributed by atoms with Gasteiger partial charge in [-0.05, 0) is 29.7 Å². The lowest BCUT2D eigenvalue weighted by atomic mass is 10.0. The van der Waals surface area contributed by atoms with Crippen molar-refractivity contribution in [1.82, 2.24) is 39.2 Å². The zero-order valence-electron chi connectivity index (χ0n) is 17.8. The lowest BCUT2D eigenvalue weighted by Crippen LogP contribution is -2.34. The molecule has 10 nitrogen and oxygen atoms in total. The molecule has 0 bridgehead atoms. The Bertz CT molecular complexity index is 1420. The standard InChI is InChI=1S/C22H23N9O/c1-2-14-10-15-13-29(6-5-17(15)24-11-14)7-8-30-20-16(12-25-30)21-26-19(18-4-3-9-32-18)28-31(21)22(23)27-20/h3-4,9-12H,2,5-8,13H2,1H3,(H2,23,27). The molecule has 0 spiro atoms. The van der Waals surface area contributed by atoms with E-state index in [9.17, 15) is 0 Å². The average Bonchev–Trinajstić information content (AvgIpc) is 3.56. The van der Waals surface area contributed by atoms with Crippen molar-refractivity contribution in [2.24, 2.45) is 0 Å². The van der Waals surface area contributed by atoms with Crippen LogP contribution in [-0.2, 0) is 25.9 Å². The van der Waals surface area contributed by atoms with Crippen molar-refractivity contribution < 1.29 is 4.42 Å². The van der Waals surface area contributed by atoms with E-state index >= 15 is 0 Å². The van der Waals surface area contributed by atoms with E-state index in [1.54, 1.807) is 18.5 Å². The lowest BCUT2D eigenvalue weighted by molar-refractivity contribution is 0.239. The molecule has 6 rings (SSSR count). The number of anilines is 1. The lowest BCUT2D eigenvalue weighted by Gasteiger charge is -2.28. The summed E-state index contributed by atoms with van der Waals surface area (Å²) in [6.45, 7) is 5.63. The summed E-state index contributed by atoms with van der Waals surface area (Å²) in [7, 11) is 0. The van der Waals surface area contributed by atoms with E-state index in [1.807, 2.05) is 16.9 Å². The Kier molecular flexibility index (Phi) is 4.39. The van der Waals surface area contributed by atoms with E-state index in [2.05, 4.69) is 43.0 Å². The van der Waals surface area contributed by atoms with Crippen LogP contribution in [0.5, 0.6) is 0 Å². The number of fused-ring (bicyclic) bond motifs is 4. The Hall–Kier alpha value is -3.79. The maximum atomic E-state index is 6.20. The van der Waals surface area contributed by atoms with Gasteiger partial charge < -0.3 is 10.2 Å². The van der Waals surface area contributed by atoms with Crippen LogP contribution in [0, 0.1) is 0 Å². The Labute approximate surface area is 183 Å². The molecule has 2 N–H and O–H groups in total. The first-order chi connectivity index (χ1) is 15.7. The molecule has 10 heteroatoms. The van der Waals surface area contributed by atoms with E-state index in [0.717, 1.165) is 37.9 Å². The molecule has 5 aromatic rings. The Morgan fingerprint density at radius 3 is 2.94 bits per heavy atom. The minimum Gasteiger partial charge on any atom is -0.461 e. The van der Waals surface area contributed by atoms with Gasteiger partial charge in [-0.15, -0.1) is 5.10 Å². The molecule has 0 unspecified atom stereocenters. The van der Waals surface area contributed by atoms with Gasteiger partial charge in [0.05, 0.1) is 24.4 Å². The van der Waals surface area contributed by atoms with Crippen LogP contribution in [0.25, 0.3) is 28.3 Å². The average molecular weight is 429 g/mol. The highest BCUT2D eigenvalue weighted by atomic mass is 16.3. The van der Waals surface area contributed by atoms with Crippen molar-refractivity contribution in [3.8, 4) is 11.6 Å². The smallest absolute Gasteiger partial charge is 0.225 e. The summed E-state index contributed by atoms with van der Waals surface area (Å²) in [5, 5.41) is 9.82. The third-order valence-corrected chi connectivity index (χ3v) is 6.05. The fourth-order valence-corrected chi connectivity index (χ4v) is 4.28. The molecule has 0 radical (unpaired) electrons. The molecule has 0 aliphatic carbocycles. The van der Waals surface area contributed by atoms with Gasteiger partial charge in [-0.2, -0.15) is 14.6 Å². The van der Waals surface area contributed by atoms with Crippen LogP contribution in [0.1, 0.15) is 23.7 Å². The normalized spacial score (nSPS) is 14.4. The van der Waals surface area contributed by atoms with E-state index in [-0.39, 0.29) is 5.95 Å². The number of nitrogens with two attached hydrogens (primary N) is 1. The molecule has 162 valence electrons. The molecule has 1 aliphatic heterocycles. The molecule has 5 aromatic heterocycles. The van der Waals surface area contributed by atoms with Gasteiger partial charge in [-0.1, -0.05) is 13.0 Å². The monoisotopic (exact) mass is 429 g/mol. The van der Waals surface area contributed by atoms with Crippen LogP contribution in [0.3, 0.4) is 0 Å². The van der Waals surface area contributed by atoms with Crippen LogP contribution < -0.4 is 5.73 Å². The van der Waals surface area contributed by atoms with Crippen molar-refractivity contribution in [1.29, 1.82) is 0 Å². The van der Waals surface area contributed by atoms with Crippen LogP contribution in [0.15, 0.2) is 41.3 Å². The fourth-order valence-electron chi connectivity index (χ4n) is 4.28. The number of aromatic nitrogens is 7. The number of hydrogen-bond acceptors (Lipinski definition) is 8. The minimum atomic E-state index is 0.268. The van der Waals surface area contributed by atoms with Gasteiger partial charge in [0.25, 0.3) is 0 Å². The van der Waals surface area contributed by atoms with E-state index < -0.39 is 0 Å². The summed E-state index contributed by atoms with van der Waals surface area (Å²) in [5.74, 6) is 1.32. The second-order valence-electron chi connectivity index (χ2n) is 8.05. The van der Waals surface area contributed by atoms with Crippen molar-refractivity contribution in [3.05, 3.63) is 53.7 Å². The molecule has 6 heterocycles. The topological polar surface area (TPSA) is 116 Å². The zero-order chi connectivity index (χ0) is 21.7. The second kappa shape index (κ2) is 7.41. The predicted molar refractivity (Wildman–Crippen MR) is 119 cm³/mol. The van der Waals surface area contributed by atoms with Gasteiger partial charge in [0.1, 0.15) is 0 Å². The quantitative estimate of drug-likeness (QED) is 0.452. The van der Waals surface area contributed by atoms with Crippen LogP contribution in [-0.4, -0.2) is 52.3 Å².